The molecule has 1 aromatic carbocycles. The van der Waals surface area contributed by atoms with Crippen LogP contribution in [0.4, 0.5) is 0 Å². The first kappa shape index (κ1) is 16.6. The minimum absolute atomic E-state index is 0.920. The molecule has 0 bridgehead atoms. The average Bonchev–Trinajstić information content (AvgIpc) is 2.44. The molecule has 0 aliphatic rings. The largest absolute Gasteiger partial charge is 0.497 e. The third kappa shape index (κ3) is 6.12. The fourth-order valence-electron chi connectivity index (χ4n) is 2.03. The Morgan fingerprint density at radius 2 is 2.00 bits per heavy atom. The van der Waals surface area contributed by atoms with Crippen molar-refractivity contribution in [2.75, 3.05) is 27.7 Å². The van der Waals surface area contributed by atoms with Gasteiger partial charge in [0, 0.05) is 12.0 Å². The quantitative estimate of drug-likeness (QED) is 0.554. The van der Waals surface area contributed by atoms with Crippen LogP contribution in [0.25, 0.3) is 0 Å². The molecule has 0 N–H and O–H groups in total. The number of hydrogen-bond acceptors (Lipinski definition) is 2. The maximum atomic E-state index is 5.32. The molecule has 0 aromatic heterocycles. The second-order valence-corrected chi connectivity index (χ2v) is 5.34. The van der Waals surface area contributed by atoms with Crippen LogP contribution in [0.2, 0.25) is 0 Å². The maximum Gasteiger partial charge on any atom is 0.119 e. The minimum atomic E-state index is 0.920. The fraction of sp³-hybridized carbons (Fsp3) is 0.556. The third-order valence-electron chi connectivity index (χ3n) is 3.24. The summed E-state index contributed by atoms with van der Waals surface area (Å²) >= 11 is 0. The predicted molar refractivity (Wildman–Crippen MR) is 86.3 cm³/mol. The Kier molecular flexibility index (Phi) is 7.84. The first-order valence-corrected chi connectivity index (χ1v) is 7.48. The molecule has 0 heterocycles. The standard InChI is InChI=1S/C18H27NO/c1-5-6-7-8-10-16-12-13-18(20-4)15-17(16)11-9-14-19(2)3/h12-13,15H,5-7,9,11,14H2,1-4H3. The van der Waals surface area contributed by atoms with Gasteiger partial charge in [-0.25, -0.2) is 0 Å². The molecule has 2 nitrogen and oxygen atoms in total. The first-order chi connectivity index (χ1) is 9.67. The van der Waals surface area contributed by atoms with E-state index in [1.54, 1.807) is 7.11 Å². The van der Waals surface area contributed by atoms with Gasteiger partial charge in [-0.05, 0) is 63.7 Å². The van der Waals surface area contributed by atoms with Gasteiger partial charge in [0.05, 0.1) is 7.11 Å². The van der Waals surface area contributed by atoms with Crippen molar-refractivity contribution < 1.29 is 4.74 Å². The van der Waals surface area contributed by atoms with Crippen LogP contribution in [0.3, 0.4) is 0 Å². The van der Waals surface area contributed by atoms with Crippen LogP contribution >= 0.6 is 0 Å². The van der Waals surface area contributed by atoms with Crippen LogP contribution in [-0.2, 0) is 6.42 Å². The van der Waals surface area contributed by atoms with Crippen molar-refractivity contribution in [3.05, 3.63) is 29.3 Å². The van der Waals surface area contributed by atoms with E-state index in [1.165, 1.54) is 18.4 Å². The zero-order valence-electron chi connectivity index (χ0n) is 13.3. The van der Waals surface area contributed by atoms with E-state index in [0.29, 0.717) is 0 Å². The zero-order valence-corrected chi connectivity index (χ0v) is 13.3. The van der Waals surface area contributed by atoms with Crippen molar-refractivity contribution in [2.24, 2.45) is 0 Å². The van der Waals surface area contributed by atoms with E-state index in [4.69, 9.17) is 4.74 Å². The van der Waals surface area contributed by atoms with E-state index in [-0.39, 0.29) is 0 Å². The van der Waals surface area contributed by atoms with Gasteiger partial charge < -0.3 is 9.64 Å². The van der Waals surface area contributed by atoms with Crippen molar-refractivity contribution in [2.45, 2.75) is 39.0 Å². The molecule has 0 unspecified atom stereocenters. The van der Waals surface area contributed by atoms with Gasteiger partial charge >= 0.3 is 0 Å². The summed E-state index contributed by atoms with van der Waals surface area (Å²) in [4.78, 5) is 2.22. The van der Waals surface area contributed by atoms with Crippen LogP contribution in [0.1, 0.15) is 43.7 Å². The number of aryl methyl sites for hydroxylation is 1. The lowest BCUT2D eigenvalue weighted by Crippen LogP contribution is -2.13. The number of hydrogen-bond donors (Lipinski definition) is 0. The molecule has 0 aliphatic heterocycles. The number of methoxy groups -OCH3 is 1. The van der Waals surface area contributed by atoms with Crippen molar-refractivity contribution >= 4 is 0 Å². The molecule has 2 heteroatoms. The second-order valence-electron chi connectivity index (χ2n) is 5.34. The number of benzene rings is 1. The molecule has 1 aromatic rings. The van der Waals surface area contributed by atoms with E-state index >= 15 is 0 Å². The molecule has 20 heavy (non-hydrogen) atoms. The van der Waals surface area contributed by atoms with Gasteiger partial charge in [-0.3, -0.25) is 0 Å². The number of ether oxygens (including phenoxy) is 1. The summed E-state index contributed by atoms with van der Waals surface area (Å²) in [6.07, 6.45) is 5.56. The molecule has 110 valence electrons. The van der Waals surface area contributed by atoms with Crippen LogP contribution in [0, 0.1) is 11.8 Å². The Bertz CT molecular complexity index is 454. The fourth-order valence-corrected chi connectivity index (χ4v) is 2.03. The molecule has 0 fully saturated rings. The lowest BCUT2D eigenvalue weighted by molar-refractivity contribution is 0.399. The van der Waals surface area contributed by atoms with Crippen LogP contribution in [-0.4, -0.2) is 32.6 Å². The molecule has 0 saturated carbocycles. The topological polar surface area (TPSA) is 12.5 Å². The Morgan fingerprint density at radius 1 is 1.20 bits per heavy atom. The highest BCUT2D eigenvalue weighted by molar-refractivity contribution is 5.45. The van der Waals surface area contributed by atoms with Crippen LogP contribution in [0.15, 0.2) is 18.2 Å². The highest BCUT2D eigenvalue weighted by Gasteiger charge is 2.03. The minimum Gasteiger partial charge on any atom is -0.497 e. The summed E-state index contributed by atoms with van der Waals surface area (Å²) in [5.41, 5.74) is 2.45. The van der Waals surface area contributed by atoms with Crippen molar-refractivity contribution in [3.8, 4) is 17.6 Å². The van der Waals surface area contributed by atoms with Gasteiger partial charge in [0.2, 0.25) is 0 Å². The normalized spacial score (nSPS) is 10.2. The second kappa shape index (κ2) is 9.44. The molecule has 0 aliphatic carbocycles. The summed E-state index contributed by atoms with van der Waals surface area (Å²) in [6, 6.07) is 6.21. The molecule has 0 spiro atoms. The molecular weight excluding hydrogens is 246 g/mol. The number of nitrogens with zero attached hydrogens (tertiary/aromatic N) is 1. The lowest BCUT2D eigenvalue weighted by Gasteiger charge is -2.11. The van der Waals surface area contributed by atoms with E-state index in [2.05, 4.69) is 49.9 Å². The van der Waals surface area contributed by atoms with Crippen LogP contribution < -0.4 is 4.74 Å². The molecule has 0 saturated heterocycles. The Hall–Kier alpha value is -1.46. The van der Waals surface area contributed by atoms with Gasteiger partial charge in [-0.15, -0.1) is 0 Å². The lowest BCUT2D eigenvalue weighted by atomic mass is 10.0. The summed E-state index contributed by atoms with van der Waals surface area (Å²) in [5, 5.41) is 0. The molecule has 0 amide bonds. The Labute approximate surface area is 124 Å². The van der Waals surface area contributed by atoms with Crippen molar-refractivity contribution in [1.29, 1.82) is 0 Å². The monoisotopic (exact) mass is 273 g/mol. The van der Waals surface area contributed by atoms with Crippen LogP contribution in [0.5, 0.6) is 5.75 Å². The third-order valence-corrected chi connectivity index (χ3v) is 3.24. The maximum absolute atomic E-state index is 5.32. The Morgan fingerprint density at radius 3 is 2.65 bits per heavy atom. The highest BCUT2D eigenvalue weighted by atomic mass is 16.5. The van der Waals surface area contributed by atoms with Gasteiger partial charge in [0.25, 0.3) is 0 Å². The molecule has 0 radical (unpaired) electrons. The molecule has 0 atom stereocenters. The predicted octanol–water partition coefficient (Wildman–Crippen LogP) is 3.73. The summed E-state index contributed by atoms with van der Waals surface area (Å²) in [6.45, 7) is 3.29. The van der Waals surface area contributed by atoms with Gasteiger partial charge in [-0.1, -0.05) is 25.2 Å². The van der Waals surface area contributed by atoms with E-state index in [1.807, 2.05) is 6.07 Å². The van der Waals surface area contributed by atoms with E-state index < -0.39 is 0 Å². The zero-order chi connectivity index (χ0) is 14.8. The number of unbranched alkanes of at least 4 members (excludes halogenated alkanes) is 2. The summed E-state index contributed by atoms with van der Waals surface area (Å²) in [7, 11) is 5.93. The average molecular weight is 273 g/mol. The van der Waals surface area contributed by atoms with Gasteiger partial charge in [0.1, 0.15) is 5.75 Å². The van der Waals surface area contributed by atoms with E-state index in [9.17, 15) is 0 Å². The van der Waals surface area contributed by atoms with Gasteiger partial charge in [-0.2, -0.15) is 0 Å². The smallest absolute Gasteiger partial charge is 0.119 e. The number of rotatable bonds is 7. The molecular formula is C18H27NO. The Balaban J connectivity index is 2.77. The first-order valence-electron chi connectivity index (χ1n) is 7.48. The highest BCUT2D eigenvalue weighted by Crippen LogP contribution is 2.18. The van der Waals surface area contributed by atoms with Crippen molar-refractivity contribution in [1.82, 2.24) is 4.90 Å². The molecule has 1 rings (SSSR count). The summed E-state index contributed by atoms with van der Waals surface area (Å²) < 4.78 is 5.32. The van der Waals surface area contributed by atoms with E-state index in [0.717, 1.165) is 37.1 Å². The van der Waals surface area contributed by atoms with Crippen molar-refractivity contribution in [3.63, 3.8) is 0 Å². The van der Waals surface area contributed by atoms with Gasteiger partial charge in [0.15, 0.2) is 0 Å². The SMILES string of the molecule is CCCCC#Cc1ccc(OC)cc1CCCN(C)C. The summed E-state index contributed by atoms with van der Waals surface area (Å²) in [5.74, 6) is 7.52.